The molecule has 0 saturated heterocycles. The maximum Gasteiger partial charge on any atom is 0.0355 e. The minimum Gasteiger partial charge on any atom is -0.135 e. The van der Waals surface area contributed by atoms with Crippen LogP contribution in [-0.2, 0) is 0 Å². The maximum atomic E-state index is 2.71. The molecular formula is C14H11PS. The van der Waals surface area contributed by atoms with Gasteiger partial charge in [0.25, 0.3) is 0 Å². The topological polar surface area (TPSA) is 0 Å². The first-order chi connectivity index (χ1) is 7.83. The Bertz CT molecular complexity index is 590. The summed E-state index contributed by atoms with van der Waals surface area (Å²) in [4.78, 5) is 1.34. The van der Waals surface area contributed by atoms with Crippen molar-refractivity contribution >= 4 is 36.0 Å². The van der Waals surface area contributed by atoms with Crippen molar-refractivity contribution in [3.8, 4) is 10.4 Å². The highest BCUT2D eigenvalue weighted by atomic mass is 32.1. The van der Waals surface area contributed by atoms with Crippen molar-refractivity contribution in [1.82, 2.24) is 0 Å². The number of fused-ring (bicyclic) bond motifs is 1. The first-order valence-corrected chi connectivity index (χ1v) is 6.57. The average Bonchev–Trinajstić information content (AvgIpc) is 2.73. The Morgan fingerprint density at radius 1 is 0.875 bits per heavy atom. The van der Waals surface area contributed by atoms with Crippen LogP contribution in [0.3, 0.4) is 0 Å². The Morgan fingerprint density at radius 3 is 2.38 bits per heavy atom. The monoisotopic (exact) mass is 242 g/mol. The van der Waals surface area contributed by atoms with Crippen LogP contribution in [-0.4, -0.2) is 0 Å². The normalized spacial score (nSPS) is 10.8. The van der Waals surface area contributed by atoms with Gasteiger partial charge in [-0.2, -0.15) is 0 Å². The van der Waals surface area contributed by atoms with Crippen LogP contribution < -0.4 is 5.30 Å². The van der Waals surface area contributed by atoms with Gasteiger partial charge in [0.1, 0.15) is 0 Å². The third kappa shape index (κ3) is 1.77. The molecule has 0 nitrogen and oxygen atoms in total. The van der Waals surface area contributed by atoms with Crippen molar-refractivity contribution < 1.29 is 0 Å². The fourth-order valence-corrected chi connectivity index (χ4v) is 3.03. The van der Waals surface area contributed by atoms with Crippen molar-refractivity contribution in [2.24, 2.45) is 0 Å². The summed E-state index contributed by atoms with van der Waals surface area (Å²) in [5, 5.41) is 2.56. The van der Waals surface area contributed by atoms with Gasteiger partial charge in [0, 0.05) is 9.58 Å². The molecular weight excluding hydrogens is 231 g/mol. The van der Waals surface area contributed by atoms with Crippen molar-refractivity contribution in [2.45, 2.75) is 0 Å². The van der Waals surface area contributed by atoms with E-state index < -0.39 is 0 Å². The van der Waals surface area contributed by atoms with Crippen LogP contribution in [0.25, 0.3) is 20.5 Å². The Morgan fingerprint density at radius 2 is 1.62 bits per heavy atom. The summed E-state index contributed by atoms with van der Waals surface area (Å²) in [6.45, 7) is 0. The lowest BCUT2D eigenvalue weighted by atomic mass is 10.1. The van der Waals surface area contributed by atoms with Crippen molar-refractivity contribution in [3.05, 3.63) is 54.6 Å². The van der Waals surface area contributed by atoms with Gasteiger partial charge in [0.05, 0.1) is 0 Å². The summed E-state index contributed by atoms with van der Waals surface area (Å²) in [5.74, 6) is 0. The van der Waals surface area contributed by atoms with E-state index in [-0.39, 0.29) is 0 Å². The SMILES string of the molecule is Pc1ccc(-c2cc3ccccc3s2)cc1. The van der Waals surface area contributed by atoms with E-state index in [0.717, 1.165) is 0 Å². The highest BCUT2D eigenvalue weighted by molar-refractivity contribution is 7.27. The fraction of sp³-hybridized carbons (Fsp3) is 0. The summed E-state index contributed by atoms with van der Waals surface area (Å²) < 4.78 is 1.35. The molecule has 0 amide bonds. The van der Waals surface area contributed by atoms with Gasteiger partial charge in [-0.05, 0) is 28.4 Å². The van der Waals surface area contributed by atoms with Gasteiger partial charge in [-0.25, -0.2) is 0 Å². The lowest BCUT2D eigenvalue weighted by Gasteiger charge is -1.96. The highest BCUT2D eigenvalue weighted by Gasteiger charge is 2.02. The molecule has 0 spiro atoms. The molecule has 78 valence electrons. The lowest BCUT2D eigenvalue weighted by molar-refractivity contribution is 1.75. The fourth-order valence-electron chi connectivity index (χ4n) is 1.77. The molecule has 3 aromatic rings. The number of hydrogen-bond donors (Lipinski definition) is 0. The molecule has 0 radical (unpaired) electrons. The Balaban J connectivity index is 2.15. The van der Waals surface area contributed by atoms with Crippen LogP contribution in [0.4, 0.5) is 0 Å². The molecule has 0 N–H and O–H groups in total. The standard InChI is InChI=1S/C14H11PS/c15-12-7-5-10(6-8-12)14-9-11-3-1-2-4-13(11)16-14/h1-9H,15H2. The molecule has 1 atom stereocenters. The number of rotatable bonds is 1. The van der Waals surface area contributed by atoms with Gasteiger partial charge in [0.15, 0.2) is 0 Å². The molecule has 0 aliphatic carbocycles. The molecule has 2 aromatic carbocycles. The number of hydrogen-bond acceptors (Lipinski definition) is 1. The van der Waals surface area contributed by atoms with E-state index in [4.69, 9.17) is 0 Å². The molecule has 0 saturated carbocycles. The smallest absolute Gasteiger partial charge is 0.0355 e. The van der Waals surface area contributed by atoms with E-state index in [1.807, 2.05) is 11.3 Å². The molecule has 0 fully saturated rings. The largest absolute Gasteiger partial charge is 0.135 e. The second-order valence-corrected chi connectivity index (χ2v) is 5.52. The quantitative estimate of drug-likeness (QED) is 0.564. The van der Waals surface area contributed by atoms with E-state index in [1.165, 1.54) is 25.8 Å². The first-order valence-electron chi connectivity index (χ1n) is 5.17. The molecule has 0 aliphatic heterocycles. The van der Waals surface area contributed by atoms with Gasteiger partial charge < -0.3 is 0 Å². The Labute approximate surface area is 101 Å². The van der Waals surface area contributed by atoms with Crippen LogP contribution in [0, 0.1) is 0 Å². The molecule has 2 heteroatoms. The Hall–Kier alpha value is -1.17. The highest BCUT2D eigenvalue weighted by Crippen LogP contribution is 2.32. The van der Waals surface area contributed by atoms with Crippen LogP contribution >= 0.6 is 20.6 Å². The zero-order valence-electron chi connectivity index (χ0n) is 8.68. The molecule has 16 heavy (non-hydrogen) atoms. The summed E-state index contributed by atoms with van der Waals surface area (Å²) in [6.07, 6.45) is 0. The van der Waals surface area contributed by atoms with Crippen LogP contribution in [0.5, 0.6) is 0 Å². The van der Waals surface area contributed by atoms with Crippen LogP contribution in [0.1, 0.15) is 0 Å². The number of thiophene rings is 1. The van der Waals surface area contributed by atoms with Crippen molar-refractivity contribution in [2.75, 3.05) is 0 Å². The van der Waals surface area contributed by atoms with Crippen LogP contribution in [0.15, 0.2) is 54.6 Å². The third-order valence-electron chi connectivity index (χ3n) is 2.62. The maximum absolute atomic E-state index is 2.71. The van der Waals surface area contributed by atoms with E-state index in [0.29, 0.717) is 0 Å². The molecule has 1 heterocycles. The van der Waals surface area contributed by atoms with Gasteiger partial charge in [0.2, 0.25) is 0 Å². The third-order valence-corrected chi connectivity index (χ3v) is 4.17. The predicted molar refractivity (Wildman–Crippen MR) is 76.6 cm³/mol. The number of benzene rings is 2. The van der Waals surface area contributed by atoms with E-state index in [9.17, 15) is 0 Å². The minimum atomic E-state index is 1.23. The summed E-state index contributed by atoms with van der Waals surface area (Å²) in [5.41, 5.74) is 1.30. The van der Waals surface area contributed by atoms with E-state index in [1.54, 1.807) is 0 Å². The van der Waals surface area contributed by atoms with Crippen molar-refractivity contribution in [3.63, 3.8) is 0 Å². The lowest BCUT2D eigenvalue weighted by Crippen LogP contribution is -1.86. The van der Waals surface area contributed by atoms with E-state index in [2.05, 4.69) is 63.8 Å². The zero-order chi connectivity index (χ0) is 11.0. The zero-order valence-corrected chi connectivity index (χ0v) is 10.7. The molecule has 0 bridgehead atoms. The van der Waals surface area contributed by atoms with Gasteiger partial charge >= 0.3 is 0 Å². The van der Waals surface area contributed by atoms with Gasteiger partial charge in [-0.15, -0.1) is 20.6 Å². The molecule has 3 rings (SSSR count). The minimum absolute atomic E-state index is 1.23. The molecule has 1 aromatic heterocycles. The predicted octanol–water partition coefficient (Wildman–Crippen LogP) is 4.07. The van der Waals surface area contributed by atoms with Gasteiger partial charge in [-0.3, -0.25) is 0 Å². The Kier molecular flexibility index (Phi) is 2.51. The second kappa shape index (κ2) is 4.01. The second-order valence-electron chi connectivity index (χ2n) is 3.77. The molecule has 1 unspecified atom stereocenters. The van der Waals surface area contributed by atoms with Gasteiger partial charge in [-0.1, -0.05) is 42.5 Å². The summed E-state index contributed by atoms with van der Waals surface area (Å²) >= 11 is 1.85. The first kappa shape index (κ1) is 10.0. The van der Waals surface area contributed by atoms with Crippen molar-refractivity contribution in [1.29, 1.82) is 0 Å². The summed E-state index contributed by atoms with van der Waals surface area (Å²) in [6, 6.07) is 19.4. The van der Waals surface area contributed by atoms with E-state index >= 15 is 0 Å². The molecule has 0 aliphatic rings. The average molecular weight is 242 g/mol. The van der Waals surface area contributed by atoms with Crippen LogP contribution in [0.2, 0.25) is 0 Å². The summed E-state index contributed by atoms with van der Waals surface area (Å²) in [7, 11) is 2.71.